The van der Waals surface area contributed by atoms with Gasteiger partial charge in [-0.15, -0.1) is 0 Å². The third kappa shape index (κ3) is 3.85. The summed E-state index contributed by atoms with van der Waals surface area (Å²) in [5, 5.41) is 8.70. The molecule has 1 rings (SSSR count). The van der Waals surface area contributed by atoms with Crippen LogP contribution in [0, 0.1) is 24.2 Å². The van der Waals surface area contributed by atoms with E-state index in [0.717, 1.165) is 24.2 Å². The highest BCUT2D eigenvalue weighted by Crippen LogP contribution is 2.19. The molecule has 0 unspecified atom stereocenters. The molecule has 0 fully saturated rings. The Morgan fingerprint density at radius 3 is 2.78 bits per heavy atom. The van der Waals surface area contributed by atoms with Gasteiger partial charge in [0.2, 0.25) is 0 Å². The number of aryl methyl sites for hydroxylation is 1. The molecule has 0 aliphatic carbocycles. The molecule has 0 saturated heterocycles. The van der Waals surface area contributed by atoms with Crippen LogP contribution < -0.4 is 4.90 Å². The summed E-state index contributed by atoms with van der Waals surface area (Å²) in [6, 6.07) is 3.99. The van der Waals surface area contributed by atoms with Gasteiger partial charge >= 0.3 is 0 Å². The summed E-state index contributed by atoms with van der Waals surface area (Å²) in [5.74, 6) is 1.36. The predicted octanol–water partition coefficient (Wildman–Crippen LogP) is 2.58. The number of hydrogen-bond donors (Lipinski definition) is 0. The maximum absolute atomic E-state index is 10.7. The summed E-state index contributed by atoms with van der Waals surface area (Å²) >= 11 is 0. The monoisotopic (exact) mass is 245 g/mol. The Morgan fingerprint density at radius 2 is 2.28 bits per heavy atom. The smallest absolute Gasteiger partial charge is 0.151 e. The van der Waals surface area contributed by atoms with Crippen LogP contribution in [-0.4, -0.2) is 24.4 Å². The van der Waals surface area contributed by atoms with Gasteiger partial charge in [0, 0.05) is 24.8 Å². The molecule has 0 atom stereocenters. The molecule has 0 radical (unpaired) electrons. The van der Waals surface area contributed by atoms with Crippen molar-refractivity contribution in [2.75, 3.05) is 18.0 Å². The first kappa shape index (κ1) is 14.2. The zero-order valence-electron chi connectivity index (χ0n) is 11.2. The fourth-order valence-corrected chi connectivity index (χ4v) is 1.89. The van der Waals surface area contributed by atoms with Gasteiger partial charge in [-0.2, -0.15) is 5.26 Å². The standard InChI is InChI=1S/C14H19N3O/c1-11(2)9-17(6-4-5-15)14-12(3)7-13(10-18)8-16-14/h7-8,10-11H,4,6,9H2,1-3H3. The fraction of sp³-hybridized carbons (Fsp3) is 0.500. The van der Waals surface area contributed by atoms with E-state index in [-0.39, 0.29) is 0 Å². The van der Waals surface area contributed by atoms with Crippen molar-refractivity contribution < 1.29 is 4.79 Å². The summed E-state index contributed by atoms with van der Waals surface area (Å²) in [6.07, 6.45) is 2.85. The second kappa shape index (κ2) is 6.75. The van der Waals surface area contributed by atoms with Gasteiger partial charge in [0.05, 0.1) is 12.5 Å². The minimum Gasteiger partial charge on any atom is -0.355 e. The minimum absolute atomic E-state index is 0.475. The first-order valence-corrected chi connectivity index (χ1v) is 6.12. The Balaban J connectivity index is 2.97. The molecule has 1 aromatic rings. The van der Waals surface area contributed by atoms with E-state index in [1.165, 1.54) is 0 Å². The zero-order chi connectivity index (χ0) is 13.5. The number of carbonyl (C=O) groups is 1. The Labute approximate surface area is 108 Å². The summed E-state index contributed by atoms with van der Waals surface area (Å²) in [6.45, 7) is 7.73. The number of aldehydes is 1. The average Bonchev–Trinajstić information content (AvgIpc) is 2.34. The van der Waals surface area contributed by atoms with Gasteiger partial charge < -0.3 is 4.90 Å². The van der Waals surface area contributed by atoms with Crippen LogP contribution in [0.1, 0.15) is 36.2 Å². The topological polar surface area (TPSA) is 57.0 Å². The lowest BCUT2D eigenvalue weighted by molar-refractivity contribution is 0.112. The summed E-state index contributed by atoms with van der Waals surface area (Å²) in [4.78, 5) is 17.1. The number of nitrogens with zero attached hydrogens (tertiary/aromatic N) is 3. The lowest BCUT2D eigenvalue weighted by Gasteiger charge is -2.26. The Bertz CT molecular complexity index is 449. The van der Waals surface area contributed by atoms with E-state index in [0.29, 0.717) is 24.4 Å². The number of nitriles is 1. The molecule has 0 spiro atoms. The van der Waals surface area contributed by atoms with Gasteiger partial charge in [-0.25, -0.2) is 4.98 Å². The molecular formula is C14H19N3O. The van der Waals surface area contributed by atoms with Crippen molar-refractivity contribution in [1.82, 2.24) is 4.98 Å². The third-order valence-electron chi connectivity index (χ3n) is 2.59. The average molecular weight is 245 g/mol. The predicted molar refractivity (Wildman–Crippen MR) is 71.6 cm³/mol. The third-order valence-corrected chi connectivity index (χ3v) is 2.59. The largest absolute Gasteiger partial charge is 0.355 e. The molecule has 0 aromatic carbocycles. The second-order valence-electron chi connectivity index (χ2n) is 4.77. The van der Waals surface area contributed by atoms with Gasteiger partial charge in [0.15, 0.2) is 6.29 Å². The molecule has 0 amide bonds. The molecule has 0 saturated carbocycles. The highest BCUT2D eigenvalue weighted by Gasteiger charge is 2.12. The van der Waals surface area contributed by atoms with Crippen LogP contribution in [0.5, 0.6) is 0 Å². The number of hydrogen-bond acceptors (Lipinski definition) is 4. The number of anilines is 1. The van der Waals surface area contributed by atoms with E-state index in [4.69, 9.17) is 5.26 Å². The van der Waals surface area contributed by atoms with E-state index >= 15 is 0 Å². The SMILES string of the molecule is Cc1cc(C=O)cnc1N(CCC#N)CC(C)C. The fourth-order valence-electron chi connectivity index (χ4n) is 1.89. The van der Waals surface area contributed by atoms with E-state index in [9.17, 15) is 4.79 Å². The van der Waals surface area contributed by atoms with E-state index in [1.807, 2.05) is 13.0 Å². The Hall–Kier alpha value is -1.89. The molecule has 1 heterocycles. The first-order chi connectivity index (χ1) is 8.58. The molecule has 0 N–H and O–H groups in total. The Morgan fingerprint density at radius 1 is 1.56 bits per heavy atom. The van der Waals surface area contributed by atoms with Crippen LogP contribution in [-0.2, 0) is 0 Å². The van der Waals surface area contributed by atoms with Gasteiger partial charge in [-0.3, -0.25) is 4.79 Å². The summed E-state index contributed by atoms with van der Waals surface area (Å²) in [5.41, 5.74) is 1.55. The van der Waals surface area contributed by atoms with E-state index < -0.39 is 0 Å². The van der Waals surface area contributed by atoms with Crippen molar-refractivity contribution in [2.45, 2.75) is 27.2 Å². The molecule has 4 heteroatoms. The molecule has 18 heavy (non-hydrogen) atoms. The second-order valence-corrected chi connectivity index (χ2v) is 4.77. The first-order valence-electron chi connectivity index (χ1n) is 6.12. The minimum atomic E-state index is 0.475. The van der Waals surface area contributed by atoms with Crippen LogP contribution >= 0.6 is 0 Å². The molecule has 0 bridgehead atoms. The number of rotatable bonds is 6. The molecule has 4 nitrogen and oxygen atoms in total. The zero-order valence-corrected chi connectivity index (χ0v) is 11.2. The van der Waals surface area contributed by atoms with Crippen molar-refractivity contribution >= 4 is 12.1 Å². The number of aromatic nitrogens is 1. The van der Waals surface area contributed by atoms with E-state index in [2.05, 4.69) is 29.8 Å². The van der Waals surface area contributed by atoms with Gasteiger partial charge in [-0.1, -0.05) is 13.8 Å². The summed E-state index contributed by atoms with van der Waals surface area (Å²) < 4.78 is 0. The van der Waals surface area contributed by atoms with Crippen molar-refractivity contribution in [3.8, 4) is 6.07 Å². The Kier molecular flexibility index (Phi) is 5.31. The summed E-state index contributed by atoms with van der Waals surface area (Å²) in [7, 11) is 0. The van der Waals surface area contributed by atoms with Crippen LogP contribution in [0.25, 0.3) is 0 Å². The molecule has 96 valence electrons. The van der Waals surface area contributed by atoms with Crippen molar-refractivity contribution in [1.29, 1.82) is 5.26 Å². The van der Waals surface area contributed by atoms with Gasteiger partial charge in [0.25, 0.3) is 0 Å². The molecular weight excluding hydrogens is 226 g/mol. The normalized spacial score (nSPS) is 10.2. The highest BCUT2D eigenvalue weighted by atomic mass is 16.1. The highest BCUT2D eigenvalue weighted by molar-refractivity contribution is 5.75. The quantitative estimate of drug-likeness (QED) is 0.723. The number of carbonyl (C=O) groups excluding carboxylic acids is 1. The lowest BCUT2D eigenvalue weighted by atomic mass is 10.1. The van der Waals surface area contributed by atoms with Crippen LogP contribution in [0.15, 0.2) is 12.3 Å². The van der Waals surface area contributed by atoms with Crippen LogP contribution in [0.4, 0.5) is 5.82 Å². The van der Waals surface area contributed by atoms with E-state index in [1.54, 1.807) is 6.20 Å². The maximum Gasteiger partial charge on any atom is 0.151 e. The van der Waals surface area contributed by atoms with Crippen molar-refractivity contribution in [3.05, 3.63) is 23.4 Å². The van der Waals surface area contributed by atoms with Crippen molar-refractivity contribution in [3.63, 3.8) is 0 Å². The van der Waals surface area contributed by atoms with Crippen LogP contribution in [0.2, 0.25) is 0 Å². The van der Waals surface area contributed by atoms with Gasteiger partial charge in [-0.05, 0) is 24.5 Å². The molecule has 1 aromatic heterocycles. The number of pyridine rings is 1. The maximum atomic E-state index is 10.7. The molecule has 0 aliphatic heterocycles. The van der Waals surface area contributed by atoms with Crippen LogP contribution in [0.3, 0.4) is 0 Å². The lowest BCUT2D eigenvalue weighted by Crippen LogP contribution is -2.30. The van der Waals surface area contributed by atoms with Crippen molar-refractivity contribution in [2.24, 2.45) is 5.92 Å². The molecule has 0 aliphatic rings. The van der Waals surface area contributed by atoms with Gasteiger partial charge in [0.1, 0.15) is 5.82 Å².